The van der Waals surface area contributed by atoms with Gasteiger partial charge in [-0.2, -0.15) is 0 Å². The highest BCUT2D eigenvalue weighted by atomic mass is 35.5. The molecule has 0 aliphatic rings. The Balaban J connectivity index is 0.00000220. The van der Waals surface area contributed by atoms with Crippen LogP contribution in [0.3, 0.4) is 0 Å². The first-order valence-corrected chi connectivity index (χ1v) is 6.70. The second-order valence-electron chi connectivity index (χ2n) is 4.48. The highest BCUT2D eigenvalue weighted by molar-refractivity contribution is 5.85. The summed E-state index contributed by atoms with van der Waals surface area (Å²) in [6.07, 6.45) is 9.17. The molecule has 2 rings (SSSR count). The Labute approximate surface area is 131 Å². The van der Waals surface area contributed by atoms with Gasteiger partial charge in [-0.1, -0.05) is 12.1 Å². The first-order chi connectivity index (χ1) is 9.83. The Morgan fingerprint density at radius 3 is 2.86 bits per heavy atom. The number of nitrogens with zero attached hydrogens (tertiary/aromatic N) is 2. The van der Waals surface area contributed by atoms with Crippen LogP contribution >= 0.6 is 12.4 Å². The number of halogens is 1. The summed E-state index contributed by atoms with van der Waals surface area (Å²) in [5, 5.41) is 0. The average molecular weight is 309 g/mol. The minimum atomic E-state index is 0. The number of aryl methyl sites for hydroxylation is 1. The smallest absolute Gasteiger partial charge is 0.161 e. The normalized spacial score (nSPS) is 9.76. The van der Waals surface area contributed by atoms with Crippen molar-refractivity contribution < 1.29 is 9.47 Å². The van der Waals surface area contributed by atoms with Crippen molar-refractivity contribution in [3.05, 3.63) is 55.1 Å². The van der Waals surface area contributed by atoms with Crippen molar-refractivity contribution in [3.8, 4) is 11.5 Å². The summed E-state index contributed by atoms with van der Waals surface area (Å²) < 4.78 is 13.2. The van der Waals surface area contributed by atoms with Crippen LogP contribution in [0.5, 0.6) is 11.5 Å². The third-order valence-electron chi connectivity index (χ3n) is 2.99. The molecular weight excluding hydrogens is 288 g/mol. The van der Waals surface area contributed by atoms with Crippen LogP contribution in [0.1, 0.15) is 12.0 Å². The molecule has 0 bridgehead atoms. The molecule has 0 saturated heterocycles. The van der Waals surface area contributed by atoms with Gasteiger partial charge in [-0.3, -0.25) is 0 Å². The van der Waals surface area contributed by atoms with Gasteiger partial charge in [-0.15, -0.1) is 19.0 Å². The van der Waals surface area contributed by atoms with Gasteiger partial charge in [0.2, 0.25) is 0 Å². The van der Waals surface area contributed by atoms with E-state index in [1.165, 1.54) is 5.56 Å². The molecule has 1 aromatic carbocycles. The number of aromatic nitrogens is 2. The number of imidazole rings is 1. The molecule has 0 N–H and O–H groups in total. The third-order valence-corrected chi connectivity index (χ3v) is 2.99. The Morgan fingerprint density at radius 1 is 1.33 bits per heavy atom. The summed E-state index contributed by atoms with van der Waals surface area (Å²) in [4.78, 5) is 4.01. The number of allylic oxidation sites excluding steroid dienone is 1. The molecular formula is C16H21ClN2O2. The van der Waals surface area contributed by atoms with Crippen molar-refractivity contribution in [2.45, 2.75) is 19.4 Å². The lowest BCUT2D eigenvalue weighted by molar-refractivity contribution is 0.282. The van der Waals surface area contributed by atoms with Gasteiger partial charge in [0.05, 0.1) is 20.0 Å². The molecule has 21 heavy (non-hydrogen) atoms. The molecule has 2 aromatic rings. The van der Waals surface area contributed by atoms with E-state index >= 15 is 0 Å². The molecule has 0 atom stereocenters. The van der Waals surface area contributed by atoms with Crippen LogP contribution in [0.15, 0.2) is 49.6 Å². The van der Waals surface area contributed by atoms with E-state index in [4.69, 9.17) is 9.47 Å². The summed E-state index contributed by atoms with van der Waals surface area (Å²) in [7, 11) is 1.66. The van der Waals surface area contributed by atoms with Gasteiger partial charge < -0.3 is 14.0 Å². The van der Waals surface area contributed by atoms with E-state index in [0.717, 1.165) is 30.9 Å². The molecule has 0 aliphatic carbocycles. The molecule has 0 fully saturated rings. The monoisotopic (exact) mass is 308 g/mol. The zero-order valence-electron chi connectivity index (χ0n) is 12.2. The van der Waals surface area contributed by atoms with Gasteiger partial charge in [-0.05, 0) is 30.5 Å². The topological polar surface area (TPSA) is 36.3 Å². The standard InChI is InChI=1S/C16H20N2O2.ClH/c1-3-5-14-6-7-15(16(12-14)19-2)20-11-4-9-18-10-8-17-13-18;/h3,6-8,10,12-13H,1,4-5,9,11H2,2H3;1H. The van der Waals surface area contributed by atoms with E-state index < -0.39 is 0 Å². The molecule has 0 amide bonds. The molecule has 114 valence electrons. The van der Waals surface area contributed by atoms with Gasteiger partial charge in [-0.25, -0.2) is 4.98 Å². The first-order valence-electron chi connectivity index (χ1n) is 6.70. The zero-order chi connectivity index (χ0) is 14.2. The number of rotatable bonds is 8. The summed E-state index contributed by atoms with van der Waals surface area (Å²) in [6.45, 7) is 5.29. The van der Waals surface area contributed by atoms with E-state index in [2.05, 4.69) is 11.6 Å². The molecule has 0 spiro atoms. The predicted molar refractivity (Wildman–Crippen MR) is 86.5 cm³/mol. The lowest BCUT2D eigenvalue weighted by Crippen LogP contribution is -2.04. The van der Waals surface area contributed by atoms with Crippen molar-refractivity contribution >= 4 is 12.4 Å². The number of ether oxygens (including phenoxy) is 2. The Hall–Kier alpha value is -1.94. The van der Waals surface area contributed by atoms with E-state index in [0.29, 0.717) is 6.61 Å². The van der Waals surface area contributed by atoms with Crippen molar-refractivity contribution in [1.82, 2.24) is 9.55 Å². The second-order valence-corrected chi connectivity index (χ2v) is 4.48. The number of hydrogen-bond acceptors (Lipinski definition) is 3. The minimum Gasteiger partial charge on any atom is -0.493 e. The van der Waals surface area contributed by atoms with Gasteiger partial charge in [0.1, 0.15) is 0 Å². The number of benzene rings is 1. The van der Waals surface area contributed by atoms with Crippen molar-refractivity contribution in [2.75, 3.05) is 13.7 Å². The average Bonchev–Trinajstić information content (AvgIpc) is 2.98. The molecule has 4 nitrogen and oxygen atoms in total. The maximum absolute atomic E-state index is 5.77. The Kier molecular flexibility index (Phi) is 7.40. The summed E-state index contributed by atoms with van der Waals surface area (Å²) >= 11 is 0. The Bertz CT molecular complexity index is 541. The lowest BCUT2D eigenvalue weighted by Gasteiger charge is -2.12. The fourth-order valence-electron chi connectivity index (χ4n) is 1.97. The van der Waals surface area contributed by atoms with E-state index in [1.807, 2.05) is 41.4 Å². The maximum atomic E-state index is 5.77. The van der Waals surface area contributed by atoms with E-state index in [1.54, 1.807) is 13.3 Å². The van der Waals surface area contributed by atoms with Crippen LogP contribution in [0.2, 0.25) is 0 Å². The molecule has 1 aromatic heterocycles. The van der Waals surface area contributed by atoms with Crippen LogP contribution in [-0.2, 0) is 13.0 Å². The van der Waals surface area contributed by atoms with Crippen LogP contribution in [0.4, 0.5) is 0 Å². The van der Waals surface area contributed by atoms with E-state index in [9.17, 15) is 0 Å². The largest absolute Gasteiger partial charge is 0.493 e. The fourth-order valence-corrected chi connectivity index (χ4v) is 1.97. The molecule has 0 radical (unpaired) electrons. The van der Waals surface area contributed by atoms with Gasteiger partial charge in [0, 0.05) is 18.9 Å². The maximum Gasteiger partial charge on any atom is 0.161 e. The second kappa shape index (κ2) is 9.08. The molecule has 5 heteroatoms. The molecule has 0 aliphatic heterocycles. The van der Waals surface area contributed by atoms with Gasteiger partial charge in [0.15, 0.2) is 11.5 Å². The minimum absolute atomic E-state index is 0. The highest BCUT2D eigenvalue weighted by Crippen LogP contribution is 2.28. The van der Waals surface area contributed by atoms with Crippen LogP contribution in [-0.4, -0.2) is 23.3 Å². The Morgan fingerprint density at radius 2 is 2.19 bits per heavy atom. The quantitative estimate of drug-likeness (QED) is 0.553. The molecule has 1 heterocycles. The van der Waals surface area contributed by atoms with Crippen LogP contribution in [0.25, 0.3) is 0 Å². The van der Waals surface area contributed by atoms with Crippen molar-refractivity contribution in [2.24, 2.45) is 0 Å². The van der Waals surface area contributed by atoms with Crippen molar-refractivity contribution in [1.29, 1.82) is 0 Å². The lowest BCUT2D eigenvalue weighted by atomic mass is 10.1. The summed E-state index contributed by atoms with van der Waals surface area (Å²) in [5.74, 6) is 1.55. The van der Waals surface area contributed by atoms with E-state index in [-0.39, 0.29) is 12.4 Å². The first kappa shape index (κ1) is 17.1. The molecule has 0 saturated carbocycles. The molecule has 0 unspecified atom stereocenters. The number of hydrogen-bond donors (Lipinski definition) is 0. The van der Waals surface area contributed by atoms with Crippen LogP contribution < -0.4 is 9.47 Å². The van der Waals surface area contributed by atoms with Crippen LogP contribution in [0, 0.1) is 0 Å². The fraction of sp³-hybridized carbons (Fsp3) is 0.312. The zero-order valence-corrected chi connectivity index (χ0v) is 13.0. The van der Waals surface area contributed by atoms with Gasteiger partial charge >= 0.3 is 0 Å². The van der Waals surface area contributed by atoms with Gasteiger partial charge in [0.25, 0.3) is 0 Å². The number of methoxy groups -OCH3 is 1. The SMILES string of the molecule is C=CCc1ccc(OCCCn2ccnc2)c(OC)c1.Cl. The summed E-state index contributed by atoms with van der Waals surface area (Å²) in [5.41, 5.74) is 1.17. The predicted octanol–water partition coefficient (Wildman–Crippen LogP) is 3.51. The summed E-state index contributed by atoms with van der Waals surface area (Å²) in [6, 6.07) is 5.98. The third kappa shape index (κ3) is 5.16. The highest BCUT2D eigenvalue weighted by Gasteiger charge is 2.05. The van der Waals surface area contributed by atoms with Crippen molar-refractivity contribution in [3.63, 3.8) is 0 Å².